The summed E-state index contributed by atoms with van der Waals surface area (Å²) in [7, 11) is 1.37. The smallest absolute Gasteiger partial charge is 0.305 e. The molecule has 138 valence electrons. The van der Waals surface area contributed by atoms with E-state index in [-0.39, 0.29) is 11.8 Å². The molecule has 1 heterocycles. The van der Waals surface area contributed by atoms with Crippen LogP contribution in [0.3, 0.4) is 0 Å². The largest absolute Gasteiger partial charge is 0.469 e. The zero-order chi connectivity index (χ0) is 19.4. The van der Waals surface area contributed by atoms with Crippen molar-refractivity contribution in [3.05, 3.63) is 59.8 Å². The quantitative estimate of drug-likeness (QED) is 0.231. The molecule has 0 amide bonds. The fourth-order valence-electron chi connectivity index (χ4n) is 2.75. The minimum Gasteiger partial charge on any atom is -0.469 e. The van der Waals surface area contributed by atoms with Crippen LogP contribution in [0.2, 0.25) is 0 Å². The molecule has 0 fully saturated rings. The molecule has 0 saturated carbocycles. The third-order valence-electron chi connectivity index (χ3n) is 4.31. The summed E-state index contributed by atoms with van der Waals surface area (Å²) in [4.78, 5) is 19.1. The summed E-state index contributed by atoms with van der Waals surface area (Å²) >= 11 is 0. The number of nitrogens with two attached hydrogens (primary N) is 2. The highest BCUT2D eigenvalue weighted by molar-refractivity contribution is 5.95. The fourth-order valence-corrected chi connectivity index (χ4v) is 2.75. The number of nitrogens with one attached hydrogen (secondary N) is 2. The van der Waals surface area contributed by atoms with Crippen molar-refractivity contribution in [3.8, 4) is 22.6 Å². The maximum absolute atomic E-state index is 11.3. The third kappa shape index (κ3) is 4.14. The van der Waals surface area contributed by atoms with Crippen LogP contribution in [0.1, 0.15) is 17.5 Å². The number of hydrogen-bond donors (Lipinski definition) is 4. The monoisotopic (exact) mass is 363 g/mol. The Morgan fingerprint density at radius 3 is 2.52 bits per heavy atom. The van der Waals surface area contributed by atoms with Crippen LogP contribution < -0.4 is 11.5 Å². The molecule has 0 unspecified atom stereocenters. The highest BCUT2D eigenvalue weighted by atomic mass is 16.5. The number of rotatable bonds is 6. The number of benzene rings is 2. The van der Waals surface area contributed by atoms with Gasteiger partial charge in [0.2, 0.25) is 0 Å². The lowest BCUT2D eigenvalue weighted by molar-refractivity contribution is -0.140. The summed E-state index contributed by atoms with van der Waals surface area (Å²) < 4.78 is 4.66. The van der Waals surface area contributed by atoms with E-state index in [1.807, 2.05) is 36.5 Å². The average molecular weight is 363 g/mol. The lowest BCUT2D eigenvalue weighted by Gasteiger charge is -2.07. The van der Waals surface area contributed by atoms with Crippen molar-refractivity contribution in [3.63, 3.8) is 0 Å². The van der Waals surface area contributed by atoms with Gasteiger partial charge in [0.1, 0.15) is 11.7 Å². The number of aromatic nitrogens is 2. The summed E-state index contributed by atoms with van der Waals surface area (Å²) in [5.74, 6) is 0.476. The molecule has 0 aliphatic carbocycles. The summed E-state index contributed by atoms with van der Waals surface area (Å²) in [6, 6.07) is 13.0. The fraction of sp³-hybridized carbons (Fsp3) is 0.150. The Labute approximate surface area is 156 Å². The number of ether oxygens (including phenoxy) is 1. The number of imidazole rings is 1. The number of carbonyl (C=O) groups is 1. The van der Waals surface area contributed by atoms with E-state index in [1.165, 1.54) is 7.11 Å². The summed E-state index contributed by atoms with van der Waals surface area (Å²) in [5.41, 5.74) is 16.4. The first kappa shape index (κ1) is 18.2. The molecule has 6 N–H and O–H groups in total. The van der Waals surface area contributed by atoms with Crippen molar-refractivity contribution in [2.24, 2.45) is 5.73 Å². The molecule has 0 atom stereocenters. The molecular formula is C20H21N5O2. The lowest BCUT2D eigenvalue weighted by Crippen LogP contribution is -2.10. The zero-order valence-electron chi connectivity index (χ0n) is 15.0. The van der Waals surface area contributed by atoms with Crippen molar-refractivity contribution < 1.29 is 9.53 Å². The SMILES string of the molecule is COC(=O)CCc1ccc(-c2nc(-c3ccc(C(=N)N)cc3)c[nH]2)cc1N. The van der Waals surface area contributed by atoms with Crippen molar-refractivity contribution in [1.82, 2.24) is 9.97 Å². The Kier molecular flexibility index (Phi) is 5.21. The maximum Gasteiger partial charge on any atom is 0.305 e. The van der Waals surface area contributed by atoms with Gasteiger partial charge in [0.05, 0.1) is 12.8 Å². The Morgan fingerprint density at radius 2 is 1.89 bits per heavy atom. The summed E-state index contributed by atoms with van der Waals surface area (Å²) in [6.45, 7) is 0. The Hall–Kier alpha value is -3.61. The number of methoxy groups -OCH3 is 1. The number of esters is 1. The predicted octanol–water partition coefficient (Wildman–Crippen LogP) is 2.72. The molecule has 3 rings (SSSR count). The molecule has 0 aliphatic heterocycles. The average Bonchev–Trinajstić information content (AvgIpc) is 3.17. The van der Waals surface area contributed by atoms with Crippen LogP contribution in [0.25, 0.3) is 22.6 Å². The second-order valence-electron chi connectivity index (χ2n) is 6.12. The van der Waals surface area contributed by atoms with E-state index in [0.717, 1.165) is 22.4 Å². The van der Waals surface area contributed by atoms with Crippen LogP contribution in [-0.2, 0) is 16.0 Å². The van der Waals surface area contributed by atoms with Gasteiger partial charge in [-0.2, -0.15) is 0 Å². The van der Waals surface area contributed by atoms with Gasteiger partial charge in [0.15, 0.2) is 0 Å². The number of hydrogen-bond acceptors (Lipinski definition) is 5. The van der Waals surface area contributed by atoms with Crippen molar-refractivity contribution >= 4 is 17.5 Å². The normalized spacial score (nSPS) is 10.6. The molecule has 1 aromatic heterocycles. The van der Waals surface area contributed by atoms with Gasteiger partial charge in [-0.1, -0.05) is 36.4 Å². The highest BCUT2D eigenvalue weighted by Gasteiger charge is 2.10. The van der Waals surface area contributed by atoms with E-state index >= 15 is 0 Å². The molecule has 3 aromatic rings. The molecule has 27 heavy (non-hydrogen) atoms. The molecule has 2 aromatic carbocycles. The van der Waals surface area contributed by atoms with Gasteiger partial charge >= 0.3 is 5.97 Å². The molecule has 0 aliphatic rings. The molecule has 7 heteroatoms. The van der Waals surface area contributed by atoms with Gasteiger partial charge in [-0.25, -0.2) is 4.98 Å². The Bertz CT molecular complexity index is 976. The molecule has 0 radical (unpaired) electrons. The van der Waals surface area contributed by atoms with E-state index in [0.29, 0.717) is 29.9 Å². The number of carbonyl (C=O) groups excluding carboxylic acids is 1. The number of aromatic amines is 1. The molecular weight excluding hydrogens is 342 g/mol. The topological polar surface area (TPSA) is 131 Å². The number of amidine groups is 1. The van der Waals surface area contributed by atoms with Crippen molar-refractivity contribution in [2.75, 3.05) is 12.8 Å². The summed E-state index contributed by atoms with van der Waals surface area (Å²) in [6.07, 6.45) is 2.64. The third-order valence-corrected chi connectivity index (χ3v) is 4.31. The Morgan fingerprint density at radius 1 is 1.19 bits per heavy atom. The maximum atomic E-state index is 11.3. The minimum atomic E-state index is -0.259. The predicted molar refractivity (Wildman–Crippen MR) is 105 cm³/mol. The van der Waals surface area contributed by atoms with Crippen LogP contribution in [0.5, 0.6) is 0 Å². The first-order valence-electron chi connectivity index (χ1n) is 8.43. The number of nitrogen functional groups attached to an aromatic ring is 2. The summed E-state index contributed by atoms with van der Waals surface area (Å²) in [5, 5.41) is 7.45. The molecule has 0 spiro atoms. The van der Waals surface area contributed by atoms with Gasteiger partial charge in [-0.05, 0) is 18.1 Å². The number of aryl methyl sites for hydroxylation is 1. The van der Waals surface area contributed by atoms with Crippen LogP contribution in [0.4, 0.5) is 5.69 Å². The second-order valence-corrected chi connectivity index (χ2v) is 6.12. The van der Waals surface area contributed by atoms with Crippen molar-refractivity contribution in [2.45, 2.75) is 12.8 Å². The van der Waals surface area contributed by atoms with Crippen LogP contribution in [0, 0.1) is 5.41 Å². The van der Waals surface area contributed by atoms with Gasteiger partial charge in [0, 0.05) is 35.0 Å². The van der Waals surface area contributed by atoms with E-state index in [2.05, 4.69) is 14.7 Å². The van der Waals surface area contributed by atoms with Gasteiger partial charge in [-0.3, -0.25) is 10.2 Å². The van der Waals surface area contributed by atoms with Gasteiger partial charge < -0.3 is 21.2 Å². The highest BCUT2D eigenvalue weighted by Crippen LogP contribution is 2.26. The number of nitrogens with zero attached hydrogens (tertiary/aromatic N) is 1. The molecule has 0 saturated heterocycles. The van der Waals surface area contributed by atoms with Crippen molar-refractivity contribution in [1.29, 1.82) is 5.41 Å². The van der Waals surface area contributed by atoms with Gasteiger partial charge in [-0.15, -0.1) is 0 Å². The Balaban J connectivity index is 1.78. The zero-order valence-corrected chi connectivity index (χ0v) is 15.0. The second kappa shape index (κ2) is 7.74. The first-order chi connectivity index (χ1) is 13.0. The van der Waals surface area contributed by atoms with Crippen LogP contribution in [0.15, 0.2) is 48.7 Å². The van der Waals surface area contributed by atoms with Crippen LogP contribution >= 0.6 is 0 Å². The van der Waals surface area contributed by atoms with Gasteiger partial charge in [0.25, 0.3) is 0 Å². The van der Waals surface area contributed by atoms with E-state index in [4.69, 9.17) is 16.9 Å². The standard InChI is InChI=1S/C20H21N5O2/c1-27-18(26)9-8-12-2-7-15(10-16(12)21)20-24-11-17(25-20)13-3-5-14(6-4-13)19(22)23/h2-7,10-11H,8-9,21H2,1H3,(H3,22,23)(H,24,25). The number of H-pyrrole nitrogens is 1. The van der Waals surface area contributed by atoms with E-state index in [9.17, 15) is 4.79 Å². The molecule has 0 bridgehead atoms. The number of anilines is 1. The first-order valence-corrected chi connectivity index (χ1v) is 8.43. The molecule has 7 nitrogen and oxygen atoms in total. The lowest BCUT2D eigenvalue weighted by atomic mass is 10.0. The van der Waals surface area contributed by atoms with E-state index < -0.39 is 0 Å². The van der Waals surface area contributed by atoms with Crippen LogP contribution in [-0.4, -0.2) is 28.9 Å². The van der Waals surface area contributed by atoms with E-state index in [1.54, 1.807) is 12.1 Å². The minimum absolute atomic E-state index is 0.0343.